The predicted octanol–water partition coefficient (Wildman–Crippen LogP) is 2.65. The monoisotopic (exact) mass is 400 g/mol. The number of nitrogens with one attached hydrogen (secondary N) is 1. The second kappa shape index (κ2) is 5.78. The molecule has 0 aliphatic heterocycles. The fourth-order valence-corrected chi connectivity index (χ4v) is 2.92. The number of aromatic amines is 1. The van der Waals surface area contributed by atoms with Crippen LogP contribution in [0.1, 0.15) is 0 Å². The molecule has 4 rings (SSSR count). The first kappa shape index (κ1) is 15.5. The van der Waals surface area contributed by atoms with Crippen molar-refractivity contribution in [1.82, 2.24) is 24.5 Å². The average molecular weight is 401 g/mol. The number of hydrogen-bond donors (Lipinski definition) is 2. The predicted molar refractivity (Wildman–Crippen MR) is 94.8 cm³/mol. The van der Waals surface area contributed by atoms with E-state index < -0.39 is 5.82 Å². The largest absolute Gasteiger partial charge is 0.382 e. The third kappa shape index (κ3) is 2.68. The first-order valence-electron chi connectivity index (χ1n) is 7.19. The van der Waals surface area contributed by atoms with Crippen molar-refractivity contribution in [2.24, 2.45) is 0 Å². The number of aromatic nitrogens is 5. The molecule has 25 heavy (non-hydrogen) atoms. The molecule has 0 unspecified atom stereocenters. The zero-order valence-corrected chi connectivity index (χ0v) is 14.2. The van der Waals surface area contributed by atoms with E-state index in [4.69, 9.17) is 5.73 Å². The van der Waals surface area contributed by atoms with E-state index in [2.05, 4.69) is 35.9 Å². The molecule has 0 fully saturated rings. The van der Waals surface area contributed by atoms with Crippen molar-refractivity contribution in [3.05, 3.63) is 63.5 Å². The maximum absolute atomic E-state index is 13.7. The van der Waals surface area contributed by atoms with Gasteiger partial charge in [0, 0.05) is 17.8 Å². The number of nitrogen functional groups attached to an aromatic ring is 1. The summed E-state index contributed by atoms with van der Waals surface area (Å²) in [5, 5.41) is 0. The highest BCUT2D eigenvalue weighted by molar-refractivity contribution is 9.10. The Morgan fingerprint density at radius 1 is 1.16 bits per heavy atom. The Bertz CT molecular complexity index is 1150. The number of fused-ring (bicyclic) bond motifs is 1. The van der Waals surface area contributed by atoms with Crippen molar-refractivity contribution in [1.29, 1.82) is 0 Å². The van der Waals surface area contributed by atoms with Crippen LogP contribution in [-0.2, 0) is 0 Å². The molecule has 0 saturated carbocycles. The Morgan fingerprint density at radius 3 is 2.72 bits per heavy atom. The smallest absolute Gasteiger partial charge is 0.248 e. The fraction of sp³-hybridized carbons (Fsp3) is 0. The van der Waals surface area contributed by atoms with Crippen molar-refractivity contribution >= 4 is 32.9 Å². The van der Waals surface area contributed by atoms with Gasteiger partial charge in [-0.3, -0.25) is 9.36 Å². The van der Waals surface area contributed by atoms with Gasteiger partial charge in [0.2, 0.25) is 10.3 Å². The summed E-state index contributed by atoms with van der Waals surface area (Å²) in [4.78, 5) is 26.9. The van der Waals surface area contributed by atoms with Crippen LogP contribution in [0.15, 0.2) is 52.1 Å². The van der Waals surface area contributed by atoms with Crippen LogP contribution in [-0.4, -0.2) is 24.5 Å². The summed E-state index contributed by atoms with van der Waals surface area (Å²) in [6.07, 6.45) is 1.53. The van der Waals surface area contributed by atoms with Gasteiger partial charge in [0.1, 0.15) is 11.6 Å². The topological polar surface area (TPSA) is 102 Å². The summed E-state index contributed by atoms with van der Waals surface area (Å²) in [6, 6.07) is 9.03. The first-order valence-corrected chi connectivity index (χ1v) is 7.99. The van der Waals surface area contributed by atoms with E-state index in [1.807, 2.05) is 0 Å². The van der Waals surface area contributed by atoms with Crippen LogP contribution in [0.2, 0.25) is 0 Å². The van der Waals surface area contributed by atoms with Gasteiger partial charge in [-0.05, 0) is 34.1 Å². The number of nitrogens with two attached hydrogens (primary N) is 1. The summed E-state index contributed by atoms with van der Waals surface area (Å²) >= 11 is 3.22. The van der Waals surface area contributed by atoms with Crippen molar-refractivity contribution < 1.29 is 4.39 Å². The highest BCUT2D eigenvalue weighted by atomic mass is 79.9. The van der Waals surface area contributed by atoms with Crippen LogP contribution >= 0.6 is 15.9 Å². The minimum Gasteiger partial charge on any atom is -0.382 e. The summed E-state index contributed by atoms with van der Waals surface area (Å²) < 4.78 is 15.7. The van der Waals surface area contributed by atoms with Crippen LogP contribution in [0.5, 0.6) is 0 Å². The Labute approximate surface area is 148 Å². The molecule has 0 bridgehead atoms. The number of H-pyrrole nitrogens is 1. The summed E-state index contributed by atoms with van der Waals surface area (Å²) in [7, 11) is 0. The van der Waals surface area contributed by atoms with Gasteiger partial charge < -0.3 is 10.7 Å². The second-order valence-electron chi connectivity index (χ2n) is 5.24. The maximum atomic E-state index is 13.7. The zero-order valence-electron chi connectivity index (χ0n) is 12.6. The Kier molecular flexibility index (Phi) is 3.57. The lowest BCUT2D eigenvalue weighted by molar-refractivity contribution is 0.628. The van der Waals surface area contributed by atoms with Crippen LogP contribution in [0, 0.1) is 5.82 Å². The molecule has 9 heteroatoms. The van der Waals surface area contributed by atoms with E-state index in [-0.39, 0.29) is 11.4 Å². The van der Waals surface area contributed by atoms with Gasteiger partial charge in [-0.2, -0.15) is 0 Å². The van der Waals surface area contributed by atoms with Gasteiger partial charge in [-0.1, -0.05) is 12.1 Å². The summed E-state index contributed by atoms with van der Waals surface area (Å²) in [5.41, 5.74) is 7.68. The van der Waals surface area contributed by atoms with Crippen molar-refractivity contribution in [3.63, 3.8) is 0 Å². The lowest BCUT2D eigenvalue weighted by Crippen LogP contribution is -2.06. The van der Waals surface area contributed by atoms with E-state index in [0.717, 1.165) is 0 Å². The normalized spacial score (nSPS) is 11.1. The number of nitrogens with zero attached hydrogens (tertiary/aromatic N) is 4. The lowest BCUT2D eigenvalue weighted by Gasteiger charge is -2.08. The van der Waals surface area contributed by atoms with Crippen molar-refractivity contribution in [2.45, 2.75) is 0 Å². The number of halogens is 2. The quantitative estimate of drug-likeness (QED) is 0.503. The molecule has 7 nitrogen and oxygen atoms in total. The molecular weight excluding hydrogens is 391 g/mol. The zero-order chi connectivity index (χ0) is 17.6. The SMILES string of the molecule is Nc1nc(Br)nc2c1nc(-c1cccc(F)c1)n2-c1ccc(=O)[nH]c1. The molecule has 124 valence electrons. The molecule has 3 N–H and O–H groups in total. The van der Waals surface area contributed by atoms with E-state index in [1.165, 1.54) is 24.4 Å². The third-order valence-corrected chi connectivity index (χ3v) is 3.97. The molecule has 0 amide bonds. The molecule has 4 aromatic rings. The maximum Gasteiger partial charge on any atom is 0.248 e. The lowest BCUT2D eigenvalue weighted by atomic mass is 10.2. The summed E-state index contributed by atoms with van der Waals surface area (Å²) in [6.45, 7) is 0. The van der Waals surface area contributed by atoms with E-state index in [0.29, 0.717) is 33.0 Å². The molecule has 0 atom stereocenters. The fourth-order valence-electron chi connectivity index (χ4n) is 2.56. The second-order valence-corrected chi connectivity index (χ2v) is 5.95. The number of hydrogen-bond acceptors (Lipinski definition) is 5. The van der Waals surface area contributed by atoms with Gasteiger partial charge in [0.05, 0.1) is 5.69 Å². The van der Waals surface area contributed by atoms with Crippen LogP contribution in [0.4, 0.5) is 10.2 Å². The minimum atomic E-state index is -0.391. The van der Waals surface area contributed by atoms with Gasteiger partial charge in [0.25, 0.3) is 0 Å². The number of rotatable bonds is 2. The Morgan fingerprint density at radius 2 is 2.00 bits per heavy atom. The van der Waals surface area contributed by atoms with Gasteiger partial charge >= 0.3 is 0 Å². The van der Waals surface area contributed by atoms with E-state index in [1.54, 1.807) is 22.8 Å². The van der Waals surface area contributed by atoms with Crippen LogP contribution in [0.25, 0.3) is 28.2 Å². The number of imidazole rings is 1. The highest BCUT2D eigenvalue weighted by Gasteiger charge is 2.19. The third-order valence-electron chi connectivity index (χ3n) is 3.62. The van der Waals surface area contributed by atoms with Crippen molar-refractivity contribution in [2.75, 3.05) is 5.73 Å². The van der Waals surface area contributed by atoms with Crippen molar-refractivity contribution in [3.8, 4) is 17.1 Å². The molecular formula is C16H10BrFN6O. The molecule has 0 aliphatic rings. The molecule has 3 heterocycles. The molecule has 0 aliphatic carbocycles. The summed E-state index contributed by atoms with van der Waals surface area (Å²) in [5.74, 6) is 0.233. The molecule has 3 aromatic heterocycles. The first-order chi connectivity index (χ1) is 12.0. The molecule has 0 spiro atoms. The van der Waals surface area contributed by atoms with Crippen LogP contribution in [0.3, 0.4) is 0 Å². The average Bonchev–Trinajstić information content (AvgIpc) is 2.95. The molecule has 1 aromatic carbocycles. The number of benzene rings is 1. The Balaban J connectivity index is 2.11. The van der Waals surface area contributed by atoms with Gasteiger partial charge in [-0.25, -0.2) is 19.3 Å². The molecule has 0 saturated heterocycles. The van der Waals surface area contributed by atoms with E-state index >= 15 is 0 Å². The minimum absolute atomic E-state index is 0.192. The Hall–Kier alpha value is -3.07. The van der Waals surface area contributed by atoms with E-state index in [9.17, 15) is 9.18 Å². The molecule has 0 radical (unpaired) electrons. The number of pyridine rings is 1. The van der Waals surface area contributed by atoms with Gasteiger partial charge in [0.15, 0.2) is 17.0 Å². The highest BCUT2D eigenvalue weighted by Crippen LogP contribution is 2.30. The van der Waals surface area contributed by atoms with Crippen LogP contribution < -0.4 is 11.3 Å². The standard InChI is InChI=1S/C16H10BrFN6O/c17-16-22-13(19)12-15(23-16)24(10-4-5-11(25)20-7-10)14(21-12)8-2-1-3-9(18)6-8/h1-7H,(H,20,25)(H2,19,22,23). The van der Waals surface area contributed by atoms with Gasteiger partial charge in [-0.15, -0.1) is 0 Å². The number of anilines is 1.